The van der Waals surface area contributed by atoms with Crippen LogP contribution in [-0.4, -0.2) is 21.4 Å². The van der Waals surface area contributed by atoms with E-state index < -0.39 is 4.92 Å². The van der Waals surface area contributed by atoms with Crippen LogP contribution in [0.25, 0.3) is 10.9 Å². The number of fused-ring (bicyclic) bond motifs is 1. The van der Waals surface area contributed by atoms with Crippen molar-refractivity contribution in [2.24, 2.45) is 0 Å². The van der Waals surface area contributed by atoms with E-state index in [1.54, 1.807) is 0 Å². The van der Waals surface area contributed by atoms with Gasteiger partial charge in [-0.15, -0.1) is 0 Å². The van der Waals surface area contributed by atoms with Crippen molar-refractivity contribution in [2.45, 2.75) is 0 Å². The van der Waals surface area contributed by atoms with Crippen LogP contribution >= 0.6 is 0 Å². The van der Waals surface area contributed by atoms with Crippen LogP contribution < -0.4 is 0 Å². The average Bonchev–Trinajstić information content (AvgIpc) is 2.62. The second-order valence-corrected chi connectivity index (χ2v) is 2.74. The van der Waals surface area contributed by atoms with Crippen molar-refractivity contribution in [3.63, 3.8) is 0 Å². The van der Waals surface area contributed by atoms with Gasteiger partial charge in [0.15, 0.2) is 6.29 Å². The Balaban J connectivity index is 2.78. The van der Waals surface area contributed by atoms with Gasteiger partial charge in [-0.3, -0.25) is 20.0 Å². The Morgan fingerprint density at radius 2 is 2.29 bits per heavy atom. The maximum Gasteiger partial charge on any atom is 0.282 e. The highest BCUT2D eigenvalue weighted by molar-refractivity contribution is 5.91. The monoisotopic (exact) mass is 191 g/mol. The molecular formula is C8H5N3O3. The lowest BCUT2D eigenvalue weighted by Gasteiger charge is -1.95. The van der Waals surface area contributed by atoms with Gasteiger partial charge in [-0.25, -0.2) is 0 Å². The van der Waals surface area contributed by atoms with E-state index >= 15 is 0 Å². The molecule has 0 saturated heterocycles. The summed E-state index contributed by atoms with van der Waals surface area (Å²) in [5.41, 5.74) is 0.392. The van der Waals surface area contributed by atoms with Crippen molar-refractivity contribution in [1.82, 2.24) is 10.2 Å². The number of H-pyrrole nitrogens is 1. The predicted molar refractivity (Wildman–Crippen MR) is 48.1 cm³/mol. The van der Waals surface area contributed by atoms with Gasteiger partial charge in [0.2, 0.25) is 0 Å². The van der Waals surface area contributed by atoms with Crippen LogP contribution in [0.2, 0.25) is 0 Å². The highest BCUT2D eigenvalue weighted by Gasteiger charge is 2.14. The number of aldehydes is 1. The molecule has 70 valence electrons. The molecule has 0 amide bonds. The molecule has 1 aromatic carbocycles. The van der Waals surface area contributed by atoms with Crippen molar-refractivity contribution >= 4 is 22.9 Å². The molecule has 0 radical (unpaired) electrons. The van der Waals surface area contributed by atoms with E-state index in [1.165, 1.54) is 18.3 Å². The molecule has 0 saturated carbocycles. The fourth-order valence-corrected chi connectivity index (χ4v) is 1.25. The number of carbonyl (C=O) groups is 1. The minimum Gasteiger partial charge on any atom is -0.298 e. The average molecular weight is 191 g/mol. The Labute approximate surface area is 77.7 Å². The number of hydrogen-bond donors (Lipinski definition) is 1. The molecule has 1 N–H and O–H groups in total. The molecule has 14 heavy (non-hydrogen) atoms. The highest BCUT2D eigenvalue weighted by atomic mass is 16.6. The second kappa shape index (κ2) is 2.91. The summed E-state index contributed by atoms with van der Waals surface area (Å²) in [5, 5.41) is 17.5. The first-order valence-corrected chi connectivity index (χ1v) is 3.79. The summed E-state index contributed by atoms with van der Waals surface area (Å²) in [5.74, 6) is 0. The molecule has 0 aliphatic heterocycles. The van der Waals surface area contributed by atoms with Crippen LogP contribution in [0.4, 0.5) is 5.69 Å². The van der Waals surface area contributed by atoms with Crippen LogP contribution in [0.15, 0.2) is 18.3 Å². The number of nitro benzene ring substituents is 1. The van der Waals surface area contributed by atoms with Gasteiger partial charge in [0.1, 0.15) is 0 Å². The number of benzene rings is 1. The Bertz CT molecular complexity index is 518. The summed E-state index contributed by atoms with van der Waals surface area (Å²) in [4.78, 5) is 20.5. The number of carbonyl (C=O) groups excluding carboxylic acids is 1. The van der Waals surface area contributed by atoms with Crippen LogP contribution in [0.3, 0.4) is 0 Å². The lowest BCUT2D eigenvalue weighted by Crippen LogP contribution is -1.93. The van der Waals surface area contributed by atoms with Gasteiger partial charge < -0.3 is 0 Å². The lowest BCUT2D eigenvalue weighted by atomic mass is 10.1. The van der Waals surface area contributed by atoms with Gasteiger partial charge in [-0.05, 0) is 6.07 Å². The summed E-state index contributed by atoms with van der Waals surface area (Å²) in [7, 11) is 0. The molecule has 1 heterocycles. The SMILES string of the molecule is O=Cc1cc2cn[nH]c2cc1[N+](=O)[O-]. The third-order valence-corrected chi connectivity index (χ3v) is 1.91. The second-order valence-electron chi connectivity index (χ2n) is 2.74. The smallest absolute Gasteiger partial charge is 0.282 e. The first kappa shape index (κ1) is 8.36. The minimum atomic E-state index is -0.593. The van der Waals surface area contributed by atoms with E-state index in [1.807, 2.05) is 0 Å². The molecule has 0 aliphatic carbocycles. The lowest BCUT2D eigenvalue weighted by molar-refractivity contribution is -0.384. The van der Waals surface area contributed by atoms with E-state index in [0.29, 0.717) is 17.2 Å². The summed E-state index contributed by atoms with van der Waals surface area (Å²) >= 11 is 0. The van der Waals surface area contributed by atoms with Gasteiger partial charge in [-0.1, -0.05) is 0 Å². The third-order valence-electron chi connectivity index (χ3n) is 1.91. The van der Waals surface area contributed by atoms with Gasteiger partial charge in [0, 0.05) is 11.5 Å². The summed E-state index contributed by atoms with van der Waals surface area (Å²) < 4.78 is 0. The predicted octanol–water partition coefficient (Wildman–Crippen LogP) is 1.28. The largest absolute Gasteiger partial charge is 0.298 e. The molecule has 6 heteroatoms. The molecule has 0 aliphatic rings. The molecule has 0 atom stereocenters. The number of nitro groups is 1. The minimum absolute atomic E-state index is 0.0592. The molecule has 0 fully saturated rings. The van der Waals surface area contributed by atoms with Gasteiger partial charge in [-0.2, -0.15) is 5.10 Å². The molecular weight excluding hydrogens is 186 g/mol. The summed E-state index contributed by atoms with van der Waals surface area (Å²) in [6.45, 7) is 0. The Hall–Kier alpha value is -2.24. The fourth-order valence-electron chi connectivity index (χ4n) is 1.25. The van der Waals surface area contributed by atoms with Crippen LogP contribution in [0.1, 0.15) is 10.4 Å². The van der Waals surface area contributed by atoms with E-state index in [2.05, 4.69) is 10.2 Å². The van der Waals surface area contributed by atoms with Gasteiger partial charge >= 0.3 is 0 Å². The first-order chi connectivity index (χ1) is 6.72. The van der Waals surface area contributed by atoms with Crippen molar-refractivity contribution in [2.75, 3.05) is 0 Å². The van der Waals surface area contributed by atoms with E-state index in [-0.39, 0.29) is 11.3 Å². The Kier molecular flexibility index (Phi) is 1.74. The maximum atomic E-state index is 10.6. The number of nitrogens with one attached hydrogen (secondary N) is 1. The van der Waals surface area contributed by atoms with Crippen LogP contribution in [-0.2, 0) is 0 Å². The van der Waals surface area contributed by atoms with Gasteiger partial charge in [0.25, 0.3) is 5.69 Å². The molecule has 0 unspecified atom stereocenters. The number of aromatic amines is 1. The molecule has 0 bridgehead atoms. The molecule has 1 aromatic heterocycles. The summed E-state index contributed by atoms with van der Waals surface area (Å²) in [6.07, 6.45) is 1.97. The zero-order valence-corrected chi connectivity index (χ0v) is 6.93. The zero-order chi connectivity index (χ0) is 10.1. The van der Waals surface area contributed by atoms with E-state index in [9.17, 15) is 14.9 Å². The molecule has 0 spiro atoms. The van der Waals surface area contributed by atoms with Crippen molar-refractivity contribution in [3.8, 4) is 0 Å². The van der Waals surface area contributed by atoms with E-state index in [0.717, 1.165) is 0 Å². The van der Waals surface area contributed by atoms with E-state index in [4.69, 9.17) is 0 Å². The number of nitrogens with zero attached hydrogens (tertiary/aromatic N) is 2. The third kappa shape index (κ3) is 1.13. The zero-order valence-electron chi connectivity index (χ0n) is 6.93. The number of hydrogen-bond acceptors (Lipinski definition) is 4. The van der Waals surface area contributed by atoms with Crippen molar-refractivity contribution < 1.29 is 9.72 Å². The summed E-state index contributed by atoms with van der Waals surface area (Å²) in [6, 6.07) is 2.73. The van der Waals surface area contributed by atoms with Crippen LogP contribution in [0.5, 0.6) is 0 Å². The number of aromatic nitrogens is 2. The molecule has 2 rings (SSSR count). The van der Waals surface area contributed by atoms with Gasteiger partial charge in [0.05, 0.1) is 22.2 Å². The highest BCUT2D eigenvalue weighted by Crippen LogP contribution is 2.22. The Morgan fingerprint density at radius 3 is 2.93 bits per heavy atom. The topological polar surface area (TPSA) is 88.9 Å². The van der Waals surface area contributed by atoms with Crippen molar-refractivity contribution in [3.05, 3.63) is 34.0 Å². The Morgan fingerprint density at radius 1 is 1.50 bits per heavy atom. The normalized spacial score (nSPS) is 10.3. The maximum absolute atomic E-state index is 10.6. The molecule has 6 nitrogen and oxygen atoms in total. The van der Waals surface area contributed by atoms with Crippen LogP contribution in [0, 0.1) is 10.1 Å². The quantitative estimate of drug-likeness (QED) is 0.440. The van der Waals surface area contributed by atoms with Crippen molar-refractivity contribution in [1.29, 1.82) is 0 Å². The first-order valence-electron chi connectivity index (χ1n) is 3.79. The standard InChI is InChI=1S/C8H5N3O3/c12-4-6-1-5-3-9-10-7(5)2-8(6)11(13)14/h1-4H,(H,9,10). The fraction of sp³-hybridized carbons (Fsp3) is 0. The molecule has 2 aromatic rings. The number of rotatable bonds is 2.